The number of hydrogen-bond donors (Lipinski definition) is 1. The van der Waals surface area contributed by atoms with Crippen LogP contribution in [0.5, 0.6) is 0 Å². The zero-order valence-electron chi connectivity index (χ0n) is 5.13. The van der Waals surface area contributed by atoms with Crippen LogP contribution >= 0.6 is 37.2 Å². The standard InChI is InChI=1S/C4H10N.3ClH.Sn/c1-2-3-4-5;;;;/h1-5H2;3*1H;. The Morgan fingerprint density at radius 3 is 1.56 bits per heavy atom. The van der Waals surface area contributed by atoms with E-state index in [4.69, 9.17) is 5.73 Å². The molecule has 0 aromatic carbocycles. The molecule has 0 amide bonds. The van der Waals surface area contributed by atoms with Crippen molar-refractivity contribution in [1.82, 2.24) is 0 Å². The van der Waals surface area contributed by atoms with Crippen LogP contribution in [0.15, 0.2) is 0 Å². The fraction of sp³-hybridized carbons (Fsp3) is 1.00. The van der Waals surface area contributed by atoms with E-state index >= 15 is 0 Å². The van der Waals surface area contributed by atoms with Crippen molar-refractivity contribution < 1.29 is 0 Å². The first kappa shape index (κ1) is 22.4. The minimum atomic E-state index is 0. The van der Waals surface area contributed by atoms with E-state index in [1.807, 2.05) is 0 Å². The molecule has 0 saturated heterocycles. The fourth-order valence-electron chi connectivity index (χ4n) is 0.269. The molecule has 0 aliphatic rings. The van der Waals surface area contributed by atoms with Crippen LogP contribution in [0.2, 0.25) is 4.44 Å². The maximum absolute atomic E-state index is 5.22. The summed E-state index contributed by atoms with van der Waals surface area (Å²) in [5, 5.41) is 0. The number of hydrogen-bond acceptors (Lipinski definition) is 1. The molecule has 1 nitrogen and oxygen atoms in total. The molecule has 59 valence electrons. The summed E-state index contributed by atoms with van der Waals surface area (Å²) in [7, 11) is 0. The third-order valence-electron chi connectivity index (χ3n) is 0.631. The molecule has 3 radical (unpaired) electrons. The fourth-order valence-corrected chi connectivity index (χ4v) is 0.983. The molecule has 0 aliphatic carbocycles. The molecule has 0 rings (SSSR count). The number of rotatable bonds is 3. The van der Waals surface area contributed by atoms with Crippen molar-refractivity contribution in [3.05, 3.63) is 0 Å². The molecule has 0 aliphatic heterocycles. The summed E-state index contributed by atoms with van der Waals surface area (Å²) >= 11 is 1.64. The Morgan fingerprint density at radius 1 is 1.00 bits per heavy atom. The van der Waals surface area contributed by atoms with Crippen LogP contribution in [0.1, 0.15) is 12.8 Å². The molecule has 2 N–H and O–H groups in total. The molecule has 0 aromatic heterocycles. The predicted octanol–water partition coefficient (Wildman–Crippen LogP) is 1.58. The number of halogens is 3. The van der Waals surface area contributed by atoms with Crippen molar-refractivity contribution in [3.63, 3.8) is 0 Å². The third kappa shape index (κ3) is 26.2. The van der Waals surface area contributed by atoms with Crippen LogP contribution in [0.25, 0.3) is 0 Å². The van der Waals surface area contributed by atoms with Crippen LogP contribution in [0, 0.1) is 0 Å². The van der Waals surface area contributed by atoms with Crippen LogP contribution in [0.4, 0.5) is 0 Å². The van der Waals surface area contributed by atoms with Gasteiger partial charge in [0, 0.05) is 0 Å². The van der Waals surface area contributed by atoms with Crippen molar-refractivity contribution in [2.24, 2.45) is 5.73 Å². The van der Waals surface area contributed by atoms with Gasteiger partial charge in [-0.1, -0.05) is 0 Å². The van der Waals surface area contributed by atoms with Gasteiger partial charge in [0.15, 0.2) is 0 Å². The van der Waals surface area contributed by atoms with Gasteiger partial charge in [0.05, 0.1) is 0 Å². The third-order valence-corrected chi connectivity index (χ3v) is 1.64. The van der Waals surface area contributed by atoms with E-state index in [-0.39, 0.29) is 37.2 Å². The van der Waals surface area contributed by atoms with E-state index < -0.39 is 0 Å². The summed E-state index contributed by atoms with van der Waals surface area (Å²) in [6.07, 6.45) is 2.54. The molecule has 0 spiro atoms. The average Bonchev–Trinajstić information content (AvgIpc) is 1.61. The molecule has 0 unspecified atom stereocenters. The van der Waals surface area contributed by atoms with E-state index in [1.54, 1.807) is 22.5 Å². The average molecular weight is 300 g/mol. The van der Waals surface area contributed by atoms with Crippen molar-refractivity contribution in [2.75, 3.05) is 6.54 Å². The molecule has 9 heavy (non-hydrogen) atoms. The molecule has 0 saturated carbocycles. The van der Waals surface area contributed by atoms with Crippen molar-refractivity contribution in [2.45, 2.75) is 17.3 Å². The van der Waals surface area contributed by atoms with Gasteiger partial charge in [0.2, 0.25) is 0 Å². The van der Waals surface area contributed by atoms with Gasteiger partial charge in [0.25, 0.3) is 0 Å². The molecule has 0 aromatic rings. The van der Waals surface area contributed by atoms with Gasteiger partial charge in [-0.2, -0.15) is 0 Å². The predicted molar refractivity (Wildman–Crippen MR) is 50.6 cm³/mol. The van der Waals surface area contributed by atoms with Crippen LogP contribution in [-0.4, -0.2) is 29.1 Å². The molecular weight excluding hydrogens is 287 g/mol. The van der Waals surface area contributed by atoms with Gasteiger partial charge in [-0.25, -0.2) is 0 Å². The molecule has 0 heterocycles. The van der Waals surface area contributed by atoms with E-state index in [0.717, 1.165) is 6.54 Å². The summed E-state index contributed by atoms with van der Waals surface area (Å²) in [4.78, 5) is 0. The Bertz CT molecular complexity index is 27.8. The summed E-state index contributed by atoms with van der Waals surface area (Å²) in [5.74, 6) is 0. The first-order chi connectivity index (χ1) is 2.91. The van der Waals surface area contributed by atoms with E-state index in [0.29, 0.717) is 0 Å². The zero-order valence-corrected chi connectivity index (χ0v) is 10.4. The number of unbranched alkanes of at least 4 members (excludes halogenated alkanes) is 1. The topological polar surface area (TPSA) is 26.0 Å². The summed E-state index contributed by atoms with van der Waals surface area (Å²) < 4.78 is 1.36. The Kier molecular flexibility index (Phi) is 56.4. The first-order valence-corrected chi connectivity index (χ1v) is 4.28. The Balaban J connectivity index is -0.0000000417. The van der Waals surface area contributed by atoms with Crippen LogP contribution < -0.4 is 5.73 Å². The van der Waals surface area contributed by atoms with Gasteiger partial charge >= 0.3 is 52.1 Å². The SMILES string of the molecule is Cl.Cl.Cl.NCCC[CH2][Sn]. The second-order valence-corrected chi connectivity index (χ2v) is 2.67. The Morgan fingerprint density at radius 2 is 1.44 bits per heavy atom. The molecule has 0 fully saturated rings. The van der Waals surface area contributed by atoms with Crippen LogP contribution in [0.3, 0.4) is 0 Å². The van der Waals surface area contributed by atoms with E-state index in [2.05, 4.69) is 0 Å². The van der Waals surface area contributed by atoms with Crippen molar-refractivity contribution >= 4 is 59.7 Å². The number of nitrogens with two attached hydrogens (primary N) is 1. The van der Waals surface area contributed by atoms with E-state index in [1.165, 1.54) is 17.3 Å². The zero-order chi connectivity index (χ0) is 4.83. The monoisotopic (exact) mass is 300 g/mol. The minimum absolute atomic E-state index is 0. The Hall–Kier alpha value is 1.63. The van der Waals surface area contributed by atoms with Gasteiger partial charge < -0.3 is 0 Å². The first-order valence-electron chi connectivity index (χ1n) is 2.26. The molecule has 0 atom stereocenters. The summed E-state index contributed by atoms with van der Waals surface area (Å²) in [6.45, 7) is 0.869. The molecular formula is C4H13Cl3NSn. The Labute approximate surface area is 88.8 Å². The second-order valence-electron chi connectivity index (χ2n) is 1.25. The summed E-state index contributed by atoms with van der Waals surface area (Å²) in [5.41, 5.74) is 5.22. The maximum atomic E-state index is 5.22. The van der Waals surface area contributed by atoms with Crippen molar-refractivity contribution in [3.8, 4) is 0 Å². The quantitative estimate of drug-likeness (QED) is 0.621. The van der Waals surface area contributed by atoms with Crippen molar-refractivity contribution in [1.29, 1.82) is 0 Å². The normalized spacial score (nSPS) is 6.00. The van der Waals surface area contributed by atoms with Gasteiger partial charge in [-0.3, -0.25) is 0 Å². The van der Waals surface area contributed by atoms with Gasteiger partial charge in [-0.15, -0.1) is 37.2 Å². The van der Waals surface area contributed by atoms with E-state index in [9.17, 15) is 0 Å². The van der Waals surface area contributed by atoms with Gasteiger partial charge in [-0.05, 0) is 0 Å². The second kappa shape index (κ2) is 22.6. The molecule has 0 bridgehead atoms. The summed E-state index contributed by atoms with van der Waals surface area (Å²) in [6, 6.07) is 0. The van der Waals surface area contributed by atoms with Crippen LogP contribution in [-0.2, 0) is 0 Å². The molecule has 5 heteroatoms. The van der Waals surface area contributed by atoms with Gasteiger partial charge in [0.1, 0.15) is 0 Å².